The van der Waals surface area contributed by atoms with Crippen LogP contribution in [0.5, 0.6) is 0 Å². The Hall–Kier alpha value is -1.33. The van der Waals surface area contributed by atoms with Crippen molar-refractivity contribution in [2.45, 2.75) is 32.7 Å². The number of halogens is 2. The highest BCUT2D eigenvalue weighted by Gasteiger charge is 2.15. The predicted octanol–water partition coefficient (Wildman–Crippen LogP) is 3.49. The number of aryl methyl sites for hydroxylation is 2. The molecule has 3 nitrogen and oxygen atoms in total. The Morgan fingerprint density at radius 3 is 2.75 bits per heavy atom. The highest BCUT2D eigenvalue weighted by molar-refractivity contribution is 9.10. The summed E-state index contributed by atoms with van der Waals surface area (Å²) in [6, 6.07) is 6.38. The normalized spacial score (nSPS) is 12.4. The maximum atomic E-state index is 13.3. The van der Waals surface area contributed by atoms with E-state index in [4.69, 9.17) is 5.73 Å². The van der Waals surface area contributed by atoms with Gasteiger partial charge < -0.3 is 5.73 Å². The van der Waals surface area contributed by atoms with Gasteiger partial charge in [0.1, 0.15) is 5.82 Å². The van der Waals surface area contributed by atoms with E-state index in [0.29, 0.717) is 6.42 Å². The number of nitrogens with zero attached hydrogens (tertiary/aromatic N) is 2. The fourth-order valence-electron chi connectivity index (χ4n) is 2.18. The van der Waals surface area contributed by atoms with Gasteiger partial charge in [-0.15, -0.1) is 0 Å². The van der Waals surface area contributed by atoms with Crippen LogP contribution in [0.2, 0.25) is 0 Å². The monoisotopic (exact) mass is 337 g/mol. The Labute approximate surface area is 126 Å². The lowest BCUT2D eigenvalue weighted by atomic mass is 9.97. The van der Waals surface area contributed by atoms with Crippen molar-refractivity contribution in [2.24, 2.45) is 5.73 Å². The SMILES string of the molecule is CCc1nnc(C)cc1C(N)Cc1cc(F)ccc1Br. The van der Waals surface area contributed by atoms with Gasteiger partial charge in [-0.25, -0.2) is 4.39 Å². The van der Waals surface area contributed by atoms with Crippen molar-refractivity contribution in [3.8, 4) is 0 Å². The van der Waals surface area contributed by atoms with Crippen LogP contribution in [0.3, 0.4) is 0 Å². The van der Waals surface area contributed by atoms with Crippen molar-refractivity contribution >= 4 is 15.9 Å². The molecule has 0 amide bonds. The molecule has 0 radical (unpaired) electrons. The van der Waals surface area contributed by atoms with Crippen molar-refractivity contribution in [1.29, 1.82) is 0 Å². The van der Waals surface area contributed by atoms with Crippen molar-refractivity contribution < 1.29 is 4.39 Å². The molecule has 0 saturated heterocycles. The van der Waals surface area contributed by atoms with E-state index in [-0.39, 0.29) is 11.9 Å². The first-order valence-electron chi connectivity index (χ1n) is 6.54. The molecule has 106 valence electrons. The standard InChI is InChI=1S/C15H17BrFN3/c1-3-15-12(6-9(2)19-20-15)14(18)8-10-7-11(17)4-5-13(10)16/h4-7,14H,3,8,18H2,1-2H3. The fraction of sp³-hybridized carbons (Fsp3) is 0.333. The van der Waals surface area contributed by atoms with Gasteiger partial charge in [-0.3, -0.25) is 0 Å². The fourth-order valence-corrected chi connectivity index (χ4v) is 2.59. The van der Waals surface area contributed by atoms with E-state index in [1.54, 1.807) is 6.07 Å². The molecule has 1 unspecified atom stereocenters. The molecule has 2 N–H and O–H groups in total. The van der Waals surface area contributed by atoms with Gasteiger partial charge >= 0.3 is 0 Å². The number of benzene rings is 1. The van der Waals surface area contributed by atoms with E-state index in [1.807, 2.05) is 19.9 Å². The summed E-state index contributed by atoms with van der Waals surface area (Å²) in [6.07, 6.45) is 1.33. The van der Waals surface area contributed by atoms with Gasteiger partial charge in [0.25, 0.3) is 0 Å². The molecule has 2 rings (SSSR count). The summed E-state index contributed by atoms with van der Waals surface area (Å²) >= 11 is 3.43. The smallest absolute Gasteiger partial charge is 0.123 e. The number of aromatic nitrogens is 2. The topological polar surface area (TPSA) is 51.8 Å². The molecule has 1 aromatic carbocycles. The lowest BCUT2D eigenvalue weighted by Crippen LogP contribution is -2.17. The van der Waals surface area contributed by atoms with Crippen molar-refractivity contribution in [1.82, 2.24) is 10.2 Å². The second kappa shape index (κ2) is 6.41. The summed E-state index contributed by atoms with van der Waals surface area (Å²) in [5.74, 6) is -0.254. The van der Waals surface area contributed by atoms with Crippen LogP contribution in [0.15, 0.2) is 28.7 Å². The molecule has 20 heavy (non-hydrogen) atoms. The third kappa shape index (κ3) is 3.41. The maximum Gasteiger partial charge on any atom is 0.123 e. The van der Waals surface area contributed by atoms with E-state index in [9.17, 15) is 4.39 Å². The largest absolute Gasteiger partial charge is 0.324 e. The molecule has 5 heteroatoms. The third-order valence-electron chi connectivity index (χ3n) is 3.21. The van der Waals surface area contributed by atoms with Gasteiger partial charge in [-0.05, 0) is 55.2 Å². The summed E-state index contributed by atoms with van der Waals surface area (Å²) in [5.41, 5.74) is 9.86. The van der Waals surface area contributed by atoms with Crippen molar-refractivity contribution in [3.05, 3.63) is 57.1 Å². The van der Waals surface area contributed by atoms with Crippen LogP contribution in [-0.2, 0) is 12.8 Å². The van der Waals surface area contributed by atoms with Gasteiger partial charge in [0.15, 0.2) is 0 Å². The summed E-state index contributed by atoms with van der Waals surface area (Å²) in [4.78, 5) is 0. The highest BCUT2D eigenvalue weighted by atomic mass is 79.9. The Morgan fingerprint density at radius 2 is 2.05 bits per heavy atom. The van der Waals surface area contributed by atoms with Gasteiger partial charge in [-0.1, -0.05) is 22.9 Å². The predicted molar refractivity (Wildman–Crippen MR) is 80.9 cm³/mol. The number of hydrogen-bond donors (Lipinski definition) is 1. The molecule has 0 bridgehead atoms. The van der Waals surface area contributed by atoms with Gasteiger partial charge in [0.05, 0.1) is 11.4 Å². The van der Waals surface area contributed by atoms with Gasteiger partial charge in [0, 0.05) is 10.5 Å². The summed E-state index contributed by atoms with van der Waals surface area (Å²) in [5, 5.41) is 8.24. The molecule has 1 aromatic heterocycles. The van der Waals surface area contributed by atoms with E-state index in [2.05, 4.69) is 26.1 Å². The Bertz CT molecular complexity index is 616. The van der Waals surface area contributed by atoms with Crippen molar-refractivity contribution in [3.63, 3.8) is 0 Å². The molecule has 0 aliphatic rings. The van der Waals surface area contributed by atoms with Gasteiger partial charge in [-0.2, -0.15) is 10.2 Å². The Morgan fingerprint density at radius 1 is 1.30 bits per heavy atom. The molecule has 0 aliphatic carbocycles. The average Bonchev–Trinajstić information content (AvgIpc) is 2.42. The first kappa shape index (κ1) is 15.1. The second-order valence-electron chi connectivity index (χ2n) is 4.79. The van der Waals surface area contributed by atoms with Crippen molar-refractivity contribution in [2.75, 3.05) is 0 Å². The van der Waals surface area contributed by atoms with Crippen LogP contribution >= 0.6 is 15.9 Å². The molecule has 2 aromatic rings. The zero-order chi connectivity index (χ0) is 14.7. The molecule has 1 atom stereocenters. The number of nitrogens with two attached hydrogens (primary N) is 1. The molecule has 1 heterocycles. The van der Waals surface area contributed by atoms with Crippen LogP contribution in [-0.4, -0.2) is 10.2 Å². The van der Waals surface area contributed by atoms with Crippen LogP contribution < -0.4 is 5.73 Å². The first-order valence-corrected chi connectivity index (χ1v) is 7.33. The quantitative estimate of drug-likeness (QED) is 0.928. The minimum atomic E-state index is -0.254. The summed E-state index contributed by atoms with van der Waals surface area (Å²) < 4.78 is 14.2. The highest BCUT2D eigenvalue weighted by Crippen LogP contribution is 2.25. The first-order chi connectivity index (χ1) is 9.51. The Kier molecular flexibility index (Phi) is 4.83. The van der Waals surface area contributed by atoms with E-state index >= 15 is 0 Å². The summed E-state index contributed by atoms with van der Waals surface area (Å²) in [6.45, 7) is 3.91. The maximum absolute atomic E-state index is 13.3. The van der Waals surface area contributed by atoms with Crippen LogP contribution in [0.25, 0.3) is 0 Å². The number of hydrogen-bond acceptors (Lipinski definition) is 3. The Balaban J connectivity index is 2.30. The molecule has 0 spiro atoms. The van der Waals surface area contributed by atoms with Gasteiger partial charge in [0.2, 0.25) is 0 Å². The summed E-state index contributed by atoms with van der Waals surface area (Å²) in [7, 11) is 0. The van der Waals surface area contributed by atoms with Crippen LogP contribution in [0, 0.1) is 12.7 Å². The van der Waals surface area contributed by atoms with E-state index in [1.165, 1.54) is 12.1 Å². The van der Waals surface area contributed by atoms with Crippen LogP contribution in [0.4, 0.5) is 4.39 Å². The minimum absolute atomic E-state index is 0.225. The van der Waals surface area contributed by atoms with E-state index in [0.717, 1.165) is 33.4 Å². The zero-order valence-electron chi connectivity index (χ0n) is 11.5. The van der Waals surface area contributed by atoms with Crippen LogP contribution in [0.1, 0.15) is 35.5 Å². The minimum Gasteiger partial charge on any atom is -0.324 e. The average molecular weight is 338 g/mol. The zero-order valence-corrected chi connectivity index (χ0v) is 13.1. The number of rotatable bonds is 4. The second-order valence-corrected chi connectivity index (χ2v) is 5.64. The molecular formula is C15H17BrFN3. The van der Waals surface area contributed by atoms with E-state index < -0.39 is 0 Å². The molecule has 0 aliphatic heterocycles. The molecule has 0 saturated carbocycles. The lowest BCUT2D eigenvalue weighted by molar-refractivity contribution is 0.620. The lowest BCUT2D eigenvalue weighted by Gasteiger charge is -2.16. The molecular weight excluding hydrogens is 321 g/mol. The molecule has 0 fully saturated rings. The third-order valence-corrected chi connectivity index (χ3v) is 3.98.